The Balaban J connectivity index is 2.81. The van der Waals surface area contributed by atoms with Crippen LogP contribution in [0.4, 0.5) is 0 Å². The van der Waals surface area contributed by atoms with Crippen LogP contribution in [0.25, 0.3) is 0 Å². The van der Waals surface area contributed by atoms with Crippen molar-refractivity contribution < 1.29 is 8.42 Å². The summed E-state index contributed by atoms with van der Waals surface area (Å²) < 4.78 is 22.7. The quantitative estimate of drug-likeness (QED) is 0.618. The van der Waals surface area contributed by atoms with Crippen LogP contribution in [0, 0.1) is 0 Å². The Morgan fingerprint density at radius 3 is 2.60 bits per heavy atom. The molecule has 0 unspecified atom stereocenters. The van der Waals surface area contributed by atoms with E-state index in [2.05, 4.69) is 5.10 Å². The van der Waals surface area contributed by atoms with E-state index in [9.17, 15) is 8.42 Å². The van der Waals surface area contributed by atoms with Crippen LogP contribution in [0.2, 0.25) is 0 Å². The number of thioether (sulfide) groups is 1. The second-order valence-corrected chi connectivity index (χ2v) is 5.11. The third-order valence-electron chi connectivity index (χ3n) is 0.867. The molecule has 0 aliphatic carbocycles. The summed E-state index contributed by atoms with van der Waals surface area (Å²) in [7, 11) is -3.19. The van der Waals surface area contributed by atoms with Gasteiger partial charge in [-0.1, -0.05) is 23.4 Å². The highest BCUT2D eigenvalue weighted by Gasteiger charge is 2.20. The Bertz CT molecular complexity index is 260. The fourth-order valence-corrected chi connectivity index (χ4v) is 2.34. The normalized spacial score (nSPS) is 19.4. The van der Waals surface area contributed by atoms with Gasteiger partial charge in [0.15, 0.2) is 4.50 Å². The zero-order valence-electron chi connectivity index (χ0n) is 5.11. The molecule has 0 bridgehead atoms. The molecule has 1 aliphatic rings. The standard InChI is InChI=1S/C3H5ClN2O2S2/c1-10(7,8)6-2-9-3(4)5-6/h2H2,1H3. The van der Waals surface area contributed by atoms with Crippen molar-refractivity contribution in [2.75, 3.05) is 12.1 Å². The van der Waals surface area contributed by atoms with Gasteiger partial charge in [0.25, 0.3) is 0 Å². The minimum absolute atomic E-state index is 0.269. The molecule has 0 aromatic carbocycles. The molecule has 1 heterocycles. The molecule has 0 fully saturated rings. The van der Waals surface area contributed by atoms with E-state index in [0.29, 0.717) is 0 Å². The van der Waals surface area contributed by atoms with Crippen LogP contribution >= 0.6 is 23.4 Å². The summed E-state index contributed by atoms with van der Waals surface area (Å²) in [4.78, 5) is 0. The number of halogens is 1. The molecule has 0 amide bonds. The predicted octanol–water partition coefficient (Wildman–Crippen LogP) is 0.462. The van der Waals surface area contributed by atoms with Crippen molar-refractivity contribution in [1.29, 1.82) is 0 Å². The third kappa shape index (κ3) is 1.77. The maximum atomic E-state index is 10.7. The van der Waals surface area contributed by atoms with Crippen LogP contribution in [0.5, 0.6) is 0 Å². The van der Waals surface area contributed by atoms with E-state index in [1.165, 1.54) is 11.8 Å². The predicted molar refractivity (Wildman–Crippen MR) is 42.4 cm³/mol. The van der Waals surface area contributed by atoms with Crippen LogP contribution in [-0.2, 0) is 10.0 Å². The number of sulfonamides is 1. The van der Waals surface area contributed by atoms with Gasteiger partial charge < -0.3 is 0 Å². The first-order valence-electron chi connectivity index (χ1n) is 2.35. The van der Waals surface area contributed by atoms with Gasteiger partial charge in [-0.3, -0.25) is 0 Å². The Kier molecular flexibility index (Phi) is 2.12. The van der Waals surface area contributed by atoms with Crippen LogP contribution in [0.3, 0.4) is 0 Å². The van der Waals surface area contributed by atoms with E-state index >= 15 is 0 Å². The monoisotopic (exact) mass is 200 g/mol. The van der Waals surface area contributed by atoms with Crippen LogP contribution in [0.15, 0.2) is 5.10 Å². The van der Waals surface area contributed by atoms with Crippen molar-refractivity contribution in [3.63, 3.8) is 0 Å². The van der Waals surface area contributed by atoms with Crippen molar-refractivity contribution >= 4 is 37.9 Å². The largest absolute Gasteiger partial charge is 0.247 e. The molecule has 7 heteroatoms. The number of hydrazone groups is 1. The molecule has 0 aromatic heterocycles. The van der Waals surface area contributed by atoms with E-state index < -0.39 is 10.0 Å². The minimum atomic E-state index is -3.19. The molecule has 10 heavy (non-hydrogen) atoms. The molecule has 1 rings (SSSR count). The van der Waals surface area contributed by atoms with Crippen LogP contribution in [0.1, 0.15) is 0 Å². The van der Waals surface area contributed by atoms with Gasteiger partial charge in [0, 0.05) is 0 Å². The topological polar surface area (TPSA) is 49.7 Å². The number of hydrogen-bond acceptors (Lipinski definition) is 4. The number of nitrogens with zero attached hydrogens (tertiary/aromatic N) is 2. The Labute approximate surface area is 68.3 Å². The fraction of sp³-hybridized carbons (Fsp3) is 0.667. The minimum Gasteiger partial charge on any atom is -0.205 e. The molecular formula is C3H5ClN2O2S2. The molecule has 0 saturated heterocycles. The molecule has 1 aliphatic heterocycles. The molecule has 0 N–H and O–H groups in total. The Hall–Kier alpha value is 0.0600. The van der Waals surface area contributed by atoms with Crippen LogP contribution in [-0.4, -0.2) is 29.5 Å². The van der Waals surface area contributed by atoms with Crippen molar-refractivity contribution in [2.24, 2.45) is 5.10 Å². The molecule has 0 spiro atoms. The second kappa shape index (κ2) is 2.60. The Morgan fingerprint density at radius 1 is 1.80 bits per heavy atom. The van der Waals surface area contributed by atoms with Gasteiger partial charge >= 0.3 is 0 Å². The summed E-state index contributed by atoms with van der Waals surface area (Å²) in [6.45, 7) is 0. The van der Waals surface area contributed by atoms with Crippen LogP contribution < -0.4 is 0 Å². The zero-order valence-corrected chi connectivity index (χ0v) is 7.50. The van der Waals surface area contributed by atoms with Gasteiger partial charge in [-0.15, -0.1) is 5.10 Å². The van der Waals surface area contributed by atoms with Crippen molar-refractivity contribution in [3.05, 3.63) is 0 Å². The van der Waals surface area contributed by atoms with Crippen molar-refractivity contribution in [3.8, 4) is 0 Å². The van der Waals surface area contributed by atoms with E-state index in [-0.39, 0.29) is 10.4 Å². The SMILES string of the molecule is CS(=O)(=O)N1CSC(Cl)=N1. The highest BCUT2D eigenvalue weighted by molar-refractivity contribution is 8.17. The number of rotatable bonds is 1. The first-order valence-corrected chi connectivity index (χ1v) is 5.56. The first-order chi connectivity index (χ1) is 4.50. The summed E-state index contributed by atoms with van der Waals surface area (Å²) in [5, 5.41) is 3.55. The lowest BCUT2D eigenvalue weighted by atomic mass is 11.5. The maximum Gasteiger partial charge on any atom is 0.247 e. The highest BCUT2D eigenvalue weighted by atomic mass is 35.5. The Morgan fingerprint density at radius 2 is 2.40 bits per heavy atom. The summed E-state index contributed by atoms with van der Waals surface area (Å²) in [5.74, 6) is 0.289. The van der Waals surface area contributed by atoms with Gasteiger partial charge in [-0.05, 0) is 0 Å². The molecule has 0 atom stereocenters. The first kappa shape index (κ1) is 8.16. The van der Waals surface area contributed by atoms with Crippen molar-refractivity contribution in [1.82, 2.24) is 4.41 Å². The summed E-state index contributed by atoms with van der Waals surface area (Å²) >= 11 is 6.61. The lowest BCUT2D eigenvalue weighted by Crippen LogP contribution is -2.20. The third-order valence-corrected chi connectivity index (χ3v) is 3.10. The van der Waals surface area contributed by atoms with E-state index in [1.54, 1.807) is 0 Å². The average Bonchev–Trinajstić information content (AvgIpc) is 2.11. The van der Waals surface area contributed by atoms with Gasteiger partial charge in [-0.25, -0.2) is 8.42 Å². The highest BCUT2D eigenvalue weighted by Crippen LogP contribution is 2.21. The lowest BCUT2D eigenvalue weighted by molar-refractivity contribution is 0.491. The van der Waals surface area contributed by atoms with Gasteiger partial charge in [-0.2, -0.15) is 4.41 Å². The van der Waals surface area contributed by atoms with Crippen molar-refractivity contribution in [2.45, 2.75) is 0 Å². The van der Waals surface area contributed by atoms with E-state index in [1.807, 2.05) is 0 Å². The number of hydrogen-bond donors (Lipinski definition) is 0. The molecular weight excluding hydrogens is 196 g/mol. The summed E-state index contributed by atoms with van der Waals surface area (Å²) in [6, 6.07) is 0. The van der Waals surface area contributed by atoms with E-state index in [0.717, 1.165) is 10.7 Å². The van der Waals surface area contributed by atoms with E-state index in [4.69, 9.17) is 11.6 Å². The lowest BCUT2D eigenvalue weighted by Gasteiger charge is -2.07. The molecule has 4 nitrogen and oxygen atoms in total. The maximum absolute atomic E-state index is 10.7. The van der Waals surface area contributed by atoms with Gasteiger partial charge in [0.2, 0.25) is 10.0 Å². The molecule has 0 saturated carbocycles. The fourth-order valence-electron chi connectivity index (χ4n) is 0.424. The average molecular weight is 201 g/mol. The smallest absolute Gasteiger partial charge is 0.205 e. The second-order valence-electron chi connectivity index (χ2n) is 1.71. The molecule has 58 valence electrons. The van der Waals surface area contributed by atoms with Gasteiger partial charge in [0.05, 0.1) is 6.26 Å². The molecule has 0 aromatic rings. The summed E-state index contributed by atoms with van der Waals surface area (Å²) in [5.41, 5.74) is 0. The van der Waals surface area contributed by atoms with Gasteiger partial charge in [0.1, 0.15) is 5.88 Å². The summed E-state index contributed by atoms with van der Waals surface area (Å²) in [6.07, 6.45) is 1.09. The zero-order chi connectivity index (χ0) is 7.78. The molecule has 0 radical (unpaired) electrons.